The number of β-amino-alcohol motifs (C(OH)–C–C–N with tert-alkyl or cyclic N) is 1. The van der Waals surface area contributed by atoms with Gasteiger partial charge < -0.3 is 19.6 Å². The van der Waals surface area contributed by atoms with Crippen molar-refractivity contribution in [1.82, 2.24) is 9.80 Å². The van der Waals surface area contributed by atoms with Crippen molar-refractivity contribution in [1.29, 1.82) is 0 Å². The smallest absolute Gasteiger partial charge is 0.410 e. The Hall–Kier alpha value is -0.810. The molecule has 2 heterocycles. The zero-order valence-corrected chi connectivity index (χ0v) is 12.4. The number of hydrogen-bond donors (Lipinski definition) is 1. The average molecular weight is 270 g/mol. The van der Waals surface area contributed by atoms with E-state index in [-0.39, 0.29) is 18.1 Å². The van der Waals surface area contributed by atoms with E-state index < -0.39 is 11.7 Å². The highest BCUT2D eigenvalue weighted by Gasteiger charge is 2.42. The van der Waals surface area contributed by atoms with E-state index in [2.05, 4.69) is 11.9 Å². The summed E-state index contributed by atoms with van der Waals surface area (Å²) in [6.07, 6.45) is 1.43. The van der Waals surface area contributed by atoms with Crippen LogP contribution in [0.4, 0.5) is 4.79 Å². The maximum atomic E-state index is 12.1. The first-order chi connectivity index (χ1) is 8.78. The van der Waals surface area contributed by atoms with Crippen LogP contribution in [0, 0.1) is 5.92 Å². The maximum absolute atomic E-state index is 12.1. The number of hydrogen-bond acceptors (Lipinski definition) is 4. The van der Waals surface area contributed by atoms with Crippen molar-refractivity contribution in [2.24, 2.45) is 5.92 Å². The van der Waals surface area contributed by atoms with Crippen LogP contribution in [-0.2, 0) is 4.74 Å². The highest BCUT2D eigenvalue weighted by molar-refractivity contribution is 5.68. The summed E-state index contributed by atoms with van der Waals surface area (Å²) in [7, 11) is 2.07. The Morgan fingerprint density at radius 2 is 2.00 bits per heavy atom. The molecule has 2 aliphatic heterocycles. The van der Waals surface area contributed by atoms with E-state index >= 15 is 0 Å². The molecule has 0 saturated carbocycles. The molecule has 0 aromatic carbocycles. The third-order valence-corrected chi connectivity index (χ3v) is 4.07. The summed E-state index contributed by atoms with van der Waals surface area (Å²) in [6.45, 7) is 7.68. The number of likely N-dealkylation sites (tertiary alicyclic amines) is 2. The number of fused-ring (bicyclic) bond motifs is 1. The fraction of sp³-hybridized carbons (Fsp3) is 0.929. The van der Waals surface area contributed by atoms with Crippen LogP contribution in [0.3, 0.4) is 0 Å². The minimum atomic E-state index is -0.489. The van der Waals surface area contributed by atoms with Gasteiger partial charge in [0.25, 0.3) is 0 Å². The standard InChI is InChI=1S/C14H26N2O3/c1-14(2,3)19-13(18)16-8-11-10(12(17)9-16)6-5-7-15(11)4/h10-12,17H,5-9H2,1-4H3. The first kappa shape index (κ1) is 14.6. The van der Waals surface area contributed by atoms with E-state index in [1.807, 2.05) is 20.8 Å². The Labute approximate surface area is 115 Å². The van der Waals surface area contributed by atoms with Gasteiger partial charge in [0.2, 0.25) is 0 Å². The summed E-state index contributed by atoms with van der Waals surface area (Å²) >= 11 is 0. The minimum absolute atomic E-state index is 0.255. The number of ether oxygens (including phenoxy) is 1. The van der Waals surface area contributed by atoms with Crippen molar-refractivity contribution in [2.45, 2.75) is 51.4 Å². The highest BCUT2D eigenvalue weighted by Crippen LogP contribution is 2.30. The number of carbonyl (C=O) groups excluding carboxylic acids is 1. The number of aliphatic hydroxyl groups is 1. The lowest BCUT2D eigenvalue weighted by atomic mass is 9.82. The monoisotopic (exact) mass is 270 g/mol. The molecular formula is C14H26N2O3. The van der Waals surface area contributed by atoms with Gasteiger partial charge in [-0.1, -0.05) is 0 Å². The van der Waals surface area contributed by atoms with Crippen LogP contribution in [0.25, 0.3) is 0 Å². The normalized spacial score (nSPS) is 32.9. The van der Waals surface area contributed by atoms with Gasteiger partial charge in [-0.2, -0.15) is 0 Å². The molecule has 2 aliphatic rings. The fourth-order valence-electron chi connectivity index (χ4n) is 3.12. The van der Waals surface area contributed by atoms with Crippen molar-refractivity contribution < 1.29 is 14.6 Å². The summed E-state index contributed by atoms with van der Waals surface area (Å²) in [5.74, 6) is 0.289. The molecule has 0 aromatic heterocycles. The summed E-state index contributed by atoms with van der Waals surface area (Å²) in [4.78, 5) is 16.0. The molecule has 5 heteroatoms. The van der Waals surface area contributed by atoms with E-state index in [1.165, 1.54) is 0 Å². The lowest BCUT2D eigenvalue weighted by Crippen LogP contribution is -2.61. The van der Waals surface area contributed by atoms with Gasteiger partial charge in [-0.05, 0) is 47.2 Å². The van der Waals surface area contributed by atoms with Crippen LogP contribution in [0.2, 0.25) is 0 Å². The van der Waals surface area contributed by atoms with Crippen LogP contribution in [0.1, 0.15) is 33.6 Å². The van der Waals surface area contributed by atoms with Crippen LogP contribution < -0.4 is 0 Å². The molecule has 110 valence electrons. The summed E-state index contributed by atoms with van der Waals surface area (Å²) in [6, 6.07) is 0.255. The van der Waals surface area contributed by atoms with Crippen molar-refractivity contribution in [3.8, 4) is 0 Å². The second kappa shape index (κ2) is 5.29. The Balaban J connectivity index is 2.03. The third-order valence-electron chi connectivity index (χ3n) is 4.07. The van der Waals surface area contributed by atoms with Crippen LogP contribution in [0.15, 0.2) is 0 Å². The van der Waals surface area contributed by atoms with Crippen LogP contribution >= 0.6 is 0 Å². The SMILES string of the molecule is CN1CCCC2C(O)CN(C(=O)OC(C)(C)C)CC21. The Kier molecular flexibility index (Phi) is 4.06. The van der Waals surface area contributed by atoms with Crippen LogP contribution in [0.5, 0.6) is 0 Å². The number of piperidine rings is 2. The second-order valence-corrected chi connectivity index (χ2v) is 6.81. The molecule has 3 unspecified atom stereocenters. The second-order valence-electron chi connectivity index (χ2n) is 6.81. The molecule has 2 fully saturated rings. The zero-order chi connectivity index (χ0) is 14.2. The van der Waals surface area contributed by atoms with Crippen molar-refractivity contribution in [3.05, 3.63) is 0 Å². The number of aliphatic hydroxyl groups excluding tert-OH is 1. The van der Waals surface area contributed by atoms with Gasteiger partial charge in [-0.25, -0.2) is 4.79 Å². The molecule has 2 rings (SSSR count). The largest absolute Gasteiger partial charge is 0.444 e. The molecule has 2 saturated heterocycles. The Bertz CT molecular complexity index is 340. The lowest BCUT2D eigenvalue weighted by molar-refractivity contribution is -0.0596. The highest BCUT2D eigenvalue weighted by atomic mass is 16.6. The molecule has 0 aromatic rings. The minimum Gasteiger partial charge on any atom is -0.444 e. The molecule has 3 atom stereocenters. The Morgan fingerprint density at radius 1 is 1.32 bits per heavy atom. The number of carbonyl (C=O) groups is 1. The molecule has 1 N–H and O–H groups in total. The Morgan fingerprint density at radius 3 is 2.63 bits per heavy atom. The van der Waals surface area contributed by atoms with Crippen molar-refractivity contribution in [2.75, 3.05) is 26.7 Å². The van der Waals surface area contributed by atoms with Crippen LogP contribution in [-0.4, -0.2) is 65.4 Å². The van der Waals surface area contributed by atoms with E-state index in [4.69, 9.17) is 4.74 Å². The molecule has 0 bridgehead atoms. The molecular weight excluding hydrogens is 244 g/mol. The predicted molar refractivity (Wildman–Crippen MR) is 73.0 cm³/mol. The first-order valence-electron chi connectivity index (χ1n) is 7.14. The first-order valence-corrected chi connectivity index (χ1v) is 7.14. The van der Waals surface area contributed by atoms with E-state index in [0.717, 1.165) is 19.4 Å². The zero-order valence-electron chi connectivity index (χ0n) is 12.4. The average Bonchev–Trinajstić information content (AvgIpc) is 2.28. The van der Waals surface area contributed by atoms with Gasteiger partial charge in [0.05, 0.1) is 12.6 Å². The number of nitrogens with zero attached hydrogens (tertiary/aromatic N) is 2. The topological polar surface area (TPSA) is 53.0 Å². The lowest BCUT2D eigenvalue weighted by Gasteiger charge is -2.48. The molecule has 1 amide bonds. The molecule has 5 nitrogen and oxygen atoms in total. The van der Waals surface area contributed by atoms with Gasteiger partial charge in [-0.3, -0.25) is 0 Å². The van der Waals surface area contributed by atoms with Crippen molar-refractivity contribution >= 4 is 6.09 Å². The van der Waals surface area contributed by atoms with E-state index in [0.29, 0.717) is 13.1 Å². The van der Waals surface area contributed by atoms with Gasteiger partial charge in [0.15, 0.2) is 0 Å². The molecule has 0 radical (unpaired) electrons. The molecule has 0 aliphatic carbocycles. The van der Waals surface area contributed by atoms with Gasteiger partial charge in [0, 0.05) is 18.5 Å². The van der Waals surface area contributed by atoms with Gasteiger partial charge in [-0.15, -0.1) is 0 Å². The van der Waals surface area contributed by atoms with Gasteiger partial charge in [0.1, 0.15) is 5.60 Å². The fourth-order valence-corrected chi connectivity index (χ4v) is 3.12. The van der Waals surface area contributed by atoms with E-state index in [9.17, 15) is 9.90 Å². The number of amides is 1. The quantitative estimate of drug-likeness (QED) is 0.721. The predicted octanol–water partition coefficient (Wildman–Crippen LogP) is 1.31. The molecule has 0 spiro atoms. The van der Waals surface area contributed by atoms with Crippen molar-refractivity contribution in [3.63, 3.8) is 0 Å². The maximum Gasteiger partial charge on any atom is 0.410 e. The number of rotatable bonds is 0. The van der Waals surface area contributed by atoms with E-state index in [1.54, 1.807) is 4.90 Å². The van der Waals surface area contributed by atoms with Gasteiger partial charge >= 0.3 is 6.09 Å². The summed E-state index contributed by atoms with van der Waals surface area (Å²) < 4.78 is 5.40. The summed E-state index contributed by atoms with van der Waals surface area (Å²) in [5, 5.41) is 10.3. The summed E-state index contributed by atoms with van der Waals surface area (Å²) in [5.41, 5.74) is -0.489. The molecule has 19 heavy (non-hydrogen) atoms. The third kappa shape index (κ3) is 3.39. The number of likely N-dealkylation sites (N-methyl/N-ethyl adjacent to an activating group) is 1.